The first-order valence-corrected chi connectivity index (χ1v) is 4.69. The second-order valence-electron chi connectivity index (χ2n) is 3.35. The van der Waals surface area contributed by atoms with Crippen molar-refractivity contribution in [1.29, 1.82) is 0 Å². The van der Waals surface area contributed by atoms with Crippen LogP contribution >= 0.6 is 0 Å². The highest BCUT2D eigenvalue weighted by molar-refractivity contribution is 4.88. The van der Waals surface area contributed by atoms with Gasteiger partial charge in [-0.3, -0.25) is 0 Å². The van der Waals surface area contributed by atoms with Crippen molar-refractivity contribution in [3.63, 3.8) is 0 Å². The van der Waals surface area contributed by atoms with E-state index in [1.807, 2.05) is 6.92 Å². The van der Waals surface area contributed by atoms with Crippen molar-refractivity contribution in [2.75, 3.05) is 26.8 Å². The number of aliphatic hydroxyl groups excluding tert-OH is 1. The summed E-state index contributed by atoms with van der Waals surface area (Å²) in [7, 11) is 1.59. The lowest BCUT2D eigenvalue weighted by molar-refractivity contribution is 0.0595. The quantitative estimate of drug-likeness (QED) is 0.439. The van der Waals surface area contributed by atoms with Crippen molar-refractivity contribution in [1.82, 2.24) is 5.32 Å². The molecular weight excluding hydrogens is 166 g/mol. The highest BCUT2D eigenvalue weighted by Gasteiger charge is 2.01. The smallest absolute Gasteiger partial charge is 0.0785 e. The van der Waals surface area contributed by atoms with Gasteiger partial charge in [-0.2, -0.15) is 0 Å². The average molecular weight is 187 g/mol. The zero-order valence-corrected chi connectivity index (χ0v) is 8.68. The second-order valence-corrected chi connectivity index (χ2v) is 3.35. The van der Waals surface area contributed by atoms with Crippen LogP contribution in [0, 0.1) is 0 Å². The van der Waals surface area contributed by atoms with Gasteiger partial charge in [-0.1, -0.05) is 5.57 Å². The number of methoxy groups -OCH3 is 1. The van der Waals surface area contributed by atoms with Gasteiger partial charge in [0.05, 0.1) is 12.7 Å². The average Bonchev–Trinajstić information content (AvgIpc) is 2.03. The van der Waals surface area contributed by atoms with Crippen LogP contribution in [0.5, 0.6) is 0 Å². The van der Waals surface area contributed by atoms with E-state index in [9.17, 15) is 5.11 Å². The number of ether oxygens (including phenoxy) is 1. The van der Waals surface area contributed by atoms with Crippen molar-refractivity contribution >= 4 is 0 Å². The Bertz CT molecular complexity index is 137. The summed E-state index contributed by atoms with van der Waals surface area (Å²) in [5.74, 6) is 0. The normalized spacial score (nSPS) is 12.8. The first kappa shape index (κ1) is 12.6. The van der Waals surface area contributed by atoms with Gasteiger partial charge in [-0.15, -0.1) is 6.58 Å². The van der Waals surface area contributed by atoms with Crippen LogP contribution in [0.4, 0.5) is 0 Å². The van der Waals surface area contributed by atoms with Gasteiger partial charge < -0.3 is 15.2 Å². The fourth-order valence-electron chi connectivity index (χ4n) is 0.971. The maximum absolute atomic E-state index is 9.28. The standard InChI is InChI=1S/C10H21NO2/c1-9(2)4-6-11-7-5-10(12)8-13-3/h10-12H,1,4-8H2,2-3H3. The zero-order chi connectivity index (χ0) is 10.1. The molecule has 1 unspecified atom stereocenters. The largest absolute Gasteiger partial charge is 0.391 e. The fraction of sp³-hybridized carbons (Fsp3) is 0.800. The molecule has 0 aromatic carbocycles. The Morgan fingerprint density at radius 2 is 2.23 bits per heavy atom. The third-order valence-electron chi connectivity index (χ3n) is 1.74. The molecule has 0 heterocycles. The number of aliphatic hydroxyl groups is 1. The number of rotatable bonds is 8. The summed E-state index contributed by atoms with van der Waals surface area (Å²) in [5, 5.41) is 12.5. The molecule has 2 N–H and O–H groups in total. The third-order valence-corrected chi connectivity index (χ3v) is 1.74. The topological polar surface area (TPSA) is 41.5 Å². The molecule has 0 saturated heterocycles. The molecule has 78 valence electrons. The first-order chi connectivity index (χ1) is 6.16. The van der Waals surface area contributed by atoms with Gasteiger partial charge in [-0.05, 0) is 32.9 Å². The molecule has 0 spiro atoms. The Labute approximate surface area is 80.8 Å². The van der Waals surface area contributed by atoms with E-state index in [0.29, 0.717) is 6.61 Å². The highest BCUT2D eigenvalue weighted by atomic mass is 16.5. The molecule has 3 heteroatoms. The van der Waals surface area contributed by atoms with Crippen molar-refractivity contribution in [2.24, 2.45) is 0 Å². The zero-order valence-electron chi connectivity index (χ0n) is 8.68. The summed E-state index contributed by atoms with van der Waals surface area (Å²) in [5.41, 5.74) is 1.19. The van der Waals surface area contributed by atoms with E-state index in [2.05, 4.69) is 11.9 Å². The molecule has 0 aliphatic rings. The summed E-state index contributed by atoms with van der Waals surface area (Å²) in [4.78, 5) is 0. The summed E-state index contributed by atoms with van der Waals surface area (Å²) < 4.78 is 4.81. The van der Waals surface area contributed by atoms with Gasteiger partial charge in [0, 0.05) is 7.11 Å². The number of hydrogen-bond donors (Lipinski definition) is 2. The Kier molecular flexibility index (Phi) is 7.99. The van der Waals surface area contributed by atoms with Crippen molar-refractivity contribution in [3.05, 3.63) is 12.2 Å². The maximum Gasteiger partial charge on any atom is 0.0785 e. The van der Waals surface area contributed by atoms with Crippen LogP contribution in [0.3, 0.4) is 0 Å². The monoisotopic (exact) mass is 187 g/mol. The van der Waals surface area contributed by atoms with Gasteiger partial charge in [0.1, 0.15) is 0 Å². The van der Waals surface area contributed by atoms with Crippen LogP contribution in [0.2, 0.25) is 0 Å². The maximum atomic E-state index is 9.28. The number of hydrogen-bond acceptors (Lipinski definition) is 3. The third kappa shape index (κ3) is 9.53. The summed E-state index contributed by atoms with van der Waals surface area (Å²) in [6.45, 7) is 8.01. The molecule has 0 saturated carbocycles. The van der Waals surface area contributed by atoms with Crippen molar-refractivity contribution in [2.45, 2.75) is 25.9 Å². The molecule has 3 nitrogen and oxygen atoms in total. The highest BCUT2D eigenvalue weighted by Crippen LogP contribution is 1.93. The van der Waals surface area contributed by atoms with Gasteiger partial charge in [-0.25, -0.2) is 0 Å². The Balaban J connectivity index is 3.11. The van der Waals surface area contributed by atoms with Gasteiger partial charge in [0.25, 0.3) is 0 Å². The van der Waals surface area contributed by atoms with Crippen molar-refractivity contribution < 1.29 is 9.84 Å². The molecule has 0 aliphatic heterocycles. The minimum atomic E-state index is -0.345. The van der Waals surface area contributed by atoms with Gasteiger partial charge >= 0.3 is 0 Å². The van der Waals surface area contributed by atoms with Crippen LogP contribution in [0.25, 0.3) is 0 Å². The van der Waals surface area contributed by atoms with E-state index in [1.54, 1.807) is 7.11 Å². The summed E-state index contributed by atoms with van der Waals surface area (Å²) in [6.07, 6.45) is 1.40. The first-order valence-electron chi connectivity index (χ1n) is 4.69. The van der Waals surface area contributed by atoms with Crippen LogP contribution in [-0.4, -0.2) is 38.0 Å². The van der Waals surface area contributed by atoms with E-state index >= 15 is 0 Å². The van der Waals surface area contributed by atoms with E-state index in [4.69, 9.17) is 4.74 Å². The minimum Gasteiger partial charge on any atom is -0.391 e. The van der Waals surface area contributed by atoms with Crippen LogP contribution in [0.1, 0.15) is 19.8 Å². The Hall–Kier alpha value is -0.380. The van der Waals surface area contributed by atoms with E-state index in [1.165, 1.54) is 5.57 Å². The predicted molar refractivity (Wildman–Crippen MR) is 54.8 cm³/mol. The lowest BCUT2D eigenvalue weighted by Crippen LogP contribution is -2.24. The molecule has 0 aromatic heterocycles. The van der Waals surface area contributed by atoms with Crippen LogP contribution < -0.4 is 5.32 Å². The minimum absolute atomic E-state index is 0.345. The molecule has 0 radical (unpaired) electrons. The molecule has 1 atom stereocenters. The molecule has 0 aromatic rings. The second kappa shape index (κ2) is 8.23. The van der Waals surface area contributed by atoms with Gasteiger partial charge in [0.2, 0.25) is 0 Å². The SMILES string of the molecule is C=C(C)CCNCCC(O)COC. The number of nitrogens with one attached hydrogen (secondary N) is 1. The Morgan fingerprint density at radius 1 is 1.54 bits per heavy atom. The van der Waals surface area contributed by atoms with Crippen LogP contribution in [-0.2, 0) is 4.74 Å². The van der Waals surface area contributed by atoms with E-state index in [-0.39, 0.29) is 6.10 Å². The molecule has 0 rings (SSSR count). The molecule has 0 aliphatic carbocycles. The molecular formula is C10H21NO2. The van der Waals surface area contributed by atoms with Gasteiger partial charge in [0.15, 0.2) is 0 Å². The predicted octanol–water partition coefficient (Wildman–Crippen LogP) is 0.940. The lowest BCUT2D eigenvalue weighted by Gasteiger charge is -2.09. The molecule has 13 heavy (non-hydrogen) atoms. The fourth-order valence-corrected chi connectivity index (χ4v) is 0.971. The lowest BCUT2D eigenvalue weighted by atomic mass is 10.2. The molecule has 0 amide bonds. The van der Waals surface area contributed by atoms with E-state index in [0.717, 1.165) is 25.9 Å². The van der Waals surface area contributed by atoms with E-state index < -0.39 is 0 Å². The Morgan fingerprint density at radius 3 is 2.77 bits per heavy atom. The summed E-state index contributed by atoms with van der Waals surface area (Å²) in [6, 6.07) is 0. The molecule has 0 bridgehead atoms. The van der Waals surface area contributed by atoms with Crippen molar-refractivity contribution in [3.8, 4) is 0 Å². The molecule has 0 fully saturated rings. The van der Waals surface area contributed by atoms with Crippen LogP contribution in [0.15, 0.2) is 12.2 Å². The summed E-state index contributed by atoms with van der Waals surface area (Å²) >= 11 is 0.